The molecule has 0 aliphatic carbocycles. The first-order valence-corrected chi connectivity index (χ1v) is 5.82. The molecule has 90 valence electrons. The lowest BCUT2D eigenvalue weighted by molar-refractivity contribution is 0.0870. The Morgan fingerprint density at radius 1 is 1.19 bits per heavy atom. The van der Waals surface area contributed by atoms with Gasteiger partial charge in [0.15, 0.2) is 0 Å². The molecule has 0 saturated carbocycles. The highest BCUT2D eigenvalue weighted by atomic mass is 16.5. The second-order valence-electron chi connectivity index (χ2n) is 3.70. The van der Waals surface area contributed by atoms with E-state index in [0.29, 0.717) is 19.3 Å². The Balaban J connectivity index is 2.00. The van der Waals surface area contributed by atoms with Gasteiger partial charge in [-0.05, 0) is 25.6 Å². The summed E-state index contributed by atoms with van der Waals surface area (Å²) in [5.41, 5.74) is 0. The molecule has 3 heteroatoms. The van der Waals surface area contributed by atoms with Crippen LogP contribution in [0.3, 0.4) is 0 Å². The summed E-state index contributed by atoms with van der Waals surface area (Å²) in [6.45, 7) is 7.14. The lowest BCUT2D eigenvalue weighted by atomic mass is 10.3. The lowest BCUT2D eigenvalue weighted by Gasteiger charge is -2.12. The third-order valence-corrected chi connectivity index (χ3v) is 2.16. The highest BCUT2D eigenvalue weighted by Gasteiger charge is 1.98. The second kappa shape index (κ2) is 8.13. The van der Waals surface area contributed by atoms with Crippen LogP contribution in [-0.2, 0) is 4.74 Å². The molecule has 1 atom stereocenters. The van der Waals surface area contributed by atoms with E-state index in [9.17, 15) is 0 Å². The predicted molar refractivity (Wildman–Crippen MR) is 65.9 cm³/mol. The van der Waals surface area contributed by atoms with Gasteiger partial charge in [-0.15, -0.1) is 0 Å². The SMILES string of the molecule is CCNC(C)COCCOc1ccccc1. The first-order valence-electron chi connectivity index (χ1n) is 5.82. The van der Waals surface area contributed by atoms with Crippen molar-refractivity contribution in [3.8, 4) is 5.75 Å². The van der Waals surface area contributed by atoms with E-state index in [0.717, 1.165) is 18.9 Å². The van der Waals surface area contributed by atoms with Crippen molar-refractivity contribution in [2.24, 2.45) is 0 Å². The Hall–Kier alpha value is -1.06. The van der Waals surface area contributed by atoms with E-state index in [1.165, 1.54) is 0 Å². The zero-order valence-electron chi connectivity index (χ0n) is 10.1. The normalized spacial score (nSPS) is 12.4. The van der Waals surface area contributed by atoms with Crippen molar-refractivity contribution in [3.63, 3.8) is 0 Å². The molecular formula is C13H21NO2. The quantitative estimate of drug-likeness (QED) is 0.684. The molecule has 1 unspecified atom stereocenters. The van der Waals surface area contributed by atoms with Gasteiger partial charge in [-0.25, -0.2) is 0 Å². The van der Waals surface area contributed by atoms with Gasteiger partial charge in [-0.2, -0.15) is 0 Å². The number of ether oxygens (including phenoxy) is 2. The third-order valence-electron chi connectivity index (χ3n) is 2.16. The minimum Gasteiger partial charge on any atom is -0.491 e. The van der Waals surface area contributed by atoms with E-state index >= 15 is 0 Å². The molecule has 1 N–H and O–H groups in total. The standard InChI is InChI=1S/C13H21NO2/c1-3-14-12(2)11-15-9-10-16-13-7-5-4-6-8-13/h4-8,12,14H,3,9-11H2,1-2H3. The van der Waals surface area contributed by atoms with E-state index in [1.54, 1.807) is 0 Å². The molecule has 1 rings (SSSR count). The molecule has 0 heterocycles. The van der Waals surface area contributed by atoms with Gasteiger partial charge in [-0.3, -0.25) is 0 Å². The number of para-hydroxylation sites is 1. The average Bonchev–Trinajstić information content (AvgIpc) is 2.30. The molecule has 0 aromatic heterocycles. The first kappa shape index (κ1) is 13.0. The molecule has 0 bridgehead atoms. The van der Waals surface area contributed by atoms with Gasteiger partial charge >= 0.3 is 0 Å². The molecule has 0 amide bonds. The summed E-state index contributed by atoms with van der Waals surface area (Å²) < 4.78 is 11.0. The van der Waals surface area contributed by atoms with E-state index in [2.05, 4.69) is 19.2 Å². The minimum absolute atomic E-state index is 0.404. The Labute approximate surface area is 97.8 Å². The molecular weight excluding hydrogens is 202 g/mol. The highest BCUT2D eigenvalue weighted by molar-refractivity contribution is 5.20. The fourth-order valence-corrected chi connectivity index (χ4v) is 1.40. The number of likely N-dealkylation sites (N-methyl/N-ethyl adjacent to an activating group) is 1. The molecule has 0 radical (unpaired) electrons. The van der Waals surface area contributed by atoms with Crippen LogP contribution in [-0.4, -0.2) is 32.4 Å². The van der Waals surface area contributed by atoms with Gasteiger partial charge in [0.25, 0.3) is 0 Å². The topological polar surface area (TPSA) is 30.5 Å². The average molecular weight is 223 g/mol. The Bertz CT molecular complexity index is 264. The van der Waals surface area contributed by atoms with Gasteiger partial charge in [-0.1, -0.05) is 25.1 Å². The molecule has 0 fully saturated rings. The summed E-state index contributed by atoms with van der Waals surface area (Å²) in [6.07, 6.45) is 0. The first-order chi connectivity index (χ1) is 7.83. The maximum atomic E-state index is 5.50. The Kier molecular flexibility index (Phi) is 6.61. The molecule has 0 spiro atoms. The zero-order valence-corrected chi connectivity index (χ0v) is 10.1. The fourth-order valence-electron chi connectivity index (χ4n) is 1.40. The van der Waals surface area contributed by atoms with Gasteiger partial charge in [0.2, 0.25) is 0 Å². The summed E-state index contributed by atoms with van der Waals surface area (Å²) in [7, 11) is 0. The summed E-state index contributed by atoms with van der Waals surface area (Å²) in [5.74, 6) is 0.894. The van der Waals surface area contributed by atoms with Gasteiger partial charge in [0.1, 0.15) is 12.4 Å². The summed E-state index contributed by atoms with van der Waals surface area (Å²) in [4.78, 5) is 0. The van der Waals surface area contributed by atoms with Crippen LogP contribution in [0.4, 0.5) is 0 Å². The highest BCUT2D eigenvalue weighted by Crippen LogP contribution is 2.07. The number of benzene rings is 1. The largest absolute Gasteiger partial charge is 0.491 e. The third kappa shape index (κ3) is 5.73. The van der Waals surface area contributed by atoms with Crippen LogP contribution in [0.15, 0.2) is 30.3 Å². The van der Waals surface area contributed by atoms with Crippen molar-refractivity contribution in [3.05, 3.63) is 30.3 Å². The fraction of sp³-hybridized carbons (Fsp3) is 0.538. The number of nitrogens with one attached hydrogen (secondary N) is 1. The van der Waals surface area contributed by atoms with Crippen LogP contribution in [0.2, 0.25) is 0 Å². The smallest absolute Gasteiger partial charge is 0.119 e. The monoisotopic (exact) mass is 223 g/mol. The number of hydrogen-bond acceptors (Lipinski definition) is 3. The maximum absolute atomic E-state index is 5.50. The second-order valence-corrected chi connectivity index (χ2v) is 3.70. The van der Waals surface area contributed by atoms with Crippen molar-refractivity contribution >= 4 is 0 Å². The molecule has 1 aromatic carbocycles. The summed E-state index contributed by atoms with van der Waals surface area (Å²) >= 11 is 0. The van der Waals surface area contributed by atoms with E-state index in [-0.39, 0.29) is 0 Å². The van der Waals surface area contributed by atoms with Gasteiger partial charge < -0.3 is 14.8 Å². The number of rotatable bonds is 8. The van der Waals surface area contributed by atoms with Crippen LogP contribution in [0.25, 0.3) is 0 Å². The van der Waals surface area contributed by atoms with Crippen LogP contribution >= 0.6 is 0 Å². The molecule has 0 aliphatic rings. The summed E-state index contributed by atoms with van der Waals surface area (Å²) in [6, 6.07) is 10.2. The zero-order chi connectivity index (χ0) is 11.6. The van der Waals surface area contributed by atoms with Crippen LogP contribution < -0.4 is 10.1 Å². The van der Waals surface area contributed by atoms with Crippen LogP contribution in [0, 0.1) is 0 Å². The van der Waals surface area contributed by atoms with Gasteiger partial charge in [0.05, 0.1) is 13.2 Å². The molecule has 3 nitrogen and oxygen atoms in total. The maximum Gasteiger partial charge on any atom is 0.119 e. The Morgan fingerprint density at radius 2 is 1.94 bits per heavy atom. The van der Waals surface area contributed by atoms with Crippen molar-refractivity contribution < 1.29 is 9.47 Å². The lowest BCUT2D eigenvalue weighted by Crippen LogP contribution is -2.30. The molecule has 16 heavy (non-hydrogen) atoms. The summed E-state index contributed by atoms with van der Waals surface area (Å²) in [5, 5.41) is 3.29. The van der Waals surface area contributed by atoms with Crippen molar-refractivity contribution in [2.45, 2.75) is 19.9 Å². The number of hydrogen-bond donors (Lipinski definition) is 1. The van der Waals surface area contributed by atoms with E-state index in [4.69, 9.17) is 9.47 Å². The van der Waals surface area contributed by atoms with Crippen molar-refractivity contribution in [1.29, 1.82) is 0 Å². The van der Waals surface area contributed by atoms with Crippen molar-refractivity contribution in [1.82, 2.24) is 5.32 Å². The van der Waals surface area contributed by atoms with Crippen LogP contribution in [0.1, 0.15) is 13.8 Å². The van der Waals surface area contributed by atoms with Crippen molar-refractivity contribution in [2.75, 3.05) is 26.4 Å². The van der Waals surface area contributed by atoms with Crippen LogP contribution in [0.5, 0.6) is 5.75 Å². The minimum atomic E-state index is 0.404. The molecule has 0 saturated heterocycles. The van der Waals surface area contributed by atoms with E-state index < -0.39 is 0 Å². The Morgan fingerprint density at radius 3 is 2.62 bits per heavy atom. The predicted octanol–water partition coefficient (Wildman–Crippen LogP) is 2.08. The molecule has 0 aliphatic heterocycles. The molecule has 1 aromatic rings. The van der Waals surface area contributed by atoms with E-state index in [1.807, 2.05) is 30.3 Å². The van der Waals surface area contributed by atoms with Gasteiger partial charge in [0, 0.05) is 6.04 Å².